The van der Waals surface area contributed by atoms with Gasteiger partial charge in [-0.05, 0) is 18.2 Å². The summed E-state index contributed by atoms with van der Waals surface area (Å²) >= 11 is 5.89. The van der Waals surface area contributed by atoms with Crippen molar-refractivity contribution in [3.05, 3.63) is 28.9 Å². The number of fused-ring (bicyclic) bond motifs is 1. The summed E-state index contributed by atoms with van der Waals surface area (Å²) in [6, 6.07) is 4.78. The fourth-order valence-electron chi connectivity index (χ4n) is 2.66. The van der Waals surface area contributed by atoms with E-state index in [4.69, 9.17) is 21.4 Å². The van der Waals surface area contributed by atoms with Gasteiger partial charge in [-0.1, -0.05) is 11.6 Å². The van der Waals surface area contributed by atoms with Gasteiger partial charge in [-0.15, -0.1) is 0 Å². The normalized spacial score (nSPS) is 16.9. The number of nitrogens with zero attached hydrogens (tertiary/aromatic N) is 2. The third-order valence-corrected chi connectivity index (χ3v) is 4.37. The molecule has 2 heterocycles. The van der Waals surface area contributed by atoms with E-state index in [-0.39, 0.29) is 5.69 Å². The first-order valence-electron chi connectivity index (χ1n) is 6.81. The summed E-state index contributed by atoms with van der Waals surface area (Å²) in [5.41, 5.74) is -1.66. The van der Waals surface area contributed by atoms with E-state index in [1.807, 2.05) is 0 Å². The summed E-state index contributed by atoms with van der Waals surface area (Å²) in [4.78, 5) is 24.3. The first-order chi connectivity index (χ1) is 11.2. The molecule has 1 aromatic heterocycles. The Kier molecular flexibility index (Phi) is 3.72. The van der Waals surface area contributed by atoms with Crippen LogP contribution in [0.2, 0.25) is 5.02 Å². The van der Waals surface area contributed by atoms with Crippen molar-refractivity contribution >= 4 is 34.4 Å². The molecule has 1 amide bonds. The predicted octanol–water partition coefficient (Wildman–Crippen LogP) is 1.78. The van der Waals surface area contributed by atoms with Crippen molar-refractivity contribution in [1.82, 2.24) is 15.1 Å². The number of nitrogens with one attached hydrogen (secondary N) is 1. The van der Waals surface area contributed by atoms with E-state index in [1.54, 1.807) is 12.1 Å². The van der Waals surface area contributed by atoms with Gasteiger partial charge in [0.05, 0.1) is 18.6 Å². The van der Waals surface area contributed by atoms with E-state index < -0.39 is 36.5 Å². The number of likely N-dealkylation sites (tertiary alicyclic amines) is 1. The number of carbonyl (C=O) groups is 2. The third-order valence-electron chi connectivity index (χ3n) is 4.14. The van der Waals surface area contributed by atoms with Crippen molar-refractivity contribution in [2.24, 2.45) is 0 Å². The highest BCUT2D eigenvalue weighted by molar-refractivity contribution is 6.31. The highest BCUT2D eigenvalue weighted by atomic mass is 35.5. The Bertz CT molecular complexity index is 833. The second-order valence-corrected chi connectivity index (χ2v) is 5.94. The molecular weight excluding hydrogens is 348 g/mol. The topological polar surface area (TPSA) is 95.5 Å². The number of carboxylic acid groups (broad SMARTS) is 1. The average Bonchev–Trinajstić information content (AvgIpc) is 2.88. The number of carboxylic acids is 1. The molecule has 0 aliphatic carbocycles. The van der Waals surface area contributed by atoms with Crippen LogP contribution in [-0.4, -0.2) is 63.8 Å². The van der Waals surface area contributed by atoms with E-state index in [0.29, 0.717) is 15.9 Å². The van der Waals surface area contributed by atoms with Gasteiger partial charge in [-0.2, -0.15) is 13.9 Å². The Morgan fingerprint density at radius 3 is 2.71 bits per heavy atom. The molecule has 1 aliphatic heterocycles. The number of benzene rings is 1. The molecule has 0 spiro atoms. The molecule has 7 nitrogen and oxygen atoms in total. The average molecular weight is 360 g/mol. The third kappa shape index (κ3) is 2.23. The number of aromatic amines is 1. The summed E-state index contributed by atoms with van der Waals surface area (Å²) in [5, 5.41) is 16.1. The fourth-order valence-corrected chi connectivity index (χ4v) is 2.84. The van der Waals surface area contributed by atoms with E-state index in [9.17, 15) is 18.4 Å². The predicted molar refractivity (Wildman–Crippen MR) is 79.3 cm³/mol. The molecule has 2 N–H and O–H groups in total. The van der Waals surface area contributed by atoms with Gasteiger partial charge in [0.1, 0.15) is 0 Å². The molecule has 2 aromatic rings. The van der Waals surface area contributed by atoms with Crippen molar-refractivity contribution in [3.63, 3.8) is 0 Å². The number of aromatic nitrogens is 2. The summed E-state index contributed by atoms with van der Waals surface area (Å²) in [6.07, 6.45) is 0. The first-order valence-corrected chi connectivity index (χ1v) is 7.19. The van der Waals surface area contributed by atoms with Crippen molar-refractivity contribution < 1.29 is 28.2 Å². The van der Waals surface area contributed by atoms with Crippen LogP contribution in [0.3, 0.4) is 0 Å². The van der Waals surface area contributed by atoms with Gasteiger partial charge < -0.3 is 14.7 Å². The number of halogens is 3. The molecule has 0 radical (unpaired) electrons. The molecular formula is C14H12ClF2N3O4. The number of hydrogen-bond donors (Lipinski definition) is 2. The summed E-state index contributed by atoms with van der Waals surface area (Å²) in [6.45, 7) is -1.12. The minimum Gasteiger partial charge on any atom is -0.477 e. The van der Waals surface area contributed by atoms with Gasteiger partial charge >= 0.3 is 11.9 Å². The van der Waals surface area contributed by atoms with Crippen LogP contribution >= 0.6 is 11.6 Å². The largest absolute Gasteiger partial charge is 0.477 e. The number of H-pyrrole nitrogens is 1. The van der Waals surface area contributed by atoms with Crippen LogP contribution in [0, 0.1) is 0 Å². The number of hydrogen-bond acceptors (Lipinski definition) is 4. The van der Waals surface area contributed by atoms with Gasteiger partial charge in [0, 0.05) is 17.5 Å². The SMILES string of the molecule is COC1(C(F)(F)C(=O)O)CN(C(=O)c2n[nH]c3ccc(Cl)cc23)C1. The van der Waals surface area contributed by atoms with Crippen molar-refractivity contribution in [1.29, 1.82) is 0 Å². The first kappa shape index (κ1) is 16.6. The summed E-state index contributed by atoms with van der Waals surface area (Å²) in [7, 11) is 0.988. The van der Waals surface area contributed by atoms with E-state index in [1.165, 1.54) is 6.07 Å². The zero-order valence-corrected chi connectivity index (χ0v) is 13.1. The van der Waals surface area contributed by atoms with Crippen LogP contribution in [0.4, 0.5) is 8.78 Å². The van der Waals surface area contributed by atoms with Gasteiger partial charge in [-0.25, -0.2) is 4.79 Å². The molecule has 3 rings (SSSR count). The number of ether oxygens (including phenoxy) is 1. The molecule has 24 heavy (non-hydrogen) atoms. The van der Waals surface area contributed by atoms with E-state index in [0.717, 1.165) is 12.0 Å². The fraction of sp³-hybridized carbons (Fsp3) is 0.357. The van der Waals surface area contributed by atoms with Crippen molar-refractivity contribution in [2.75, 3.05) is 20.2 Å². The zero-order chi connectivity index (χ0) is 17.7. The van der Waals surface area contributed by atoms with Crippen LogP contribution in [0.1, 0.15) is 10.5 Å². The Hall–Kier alpha value is -2.26. The van der Waals surface area contributed by atoms with Crippen molar-refractivity contribution in [3.8, 4) is 0 Å². The molecule has 0 unspecified atom stereocenters. The highest BCUT2D eigenvalue weighted by Crippen LogP contribution is 2.40. The zero-order valence-electron chi connectivity index (χ0n) is 12.3. The monoisotopic (exact) mass is 359 g/mol. The molecule has 0 bridgehead atoms. The lowest BCUT2D eigenvalue weighted by Gasteiger charge is -2.50. The second kappa shape index (κ2) is 5.38. The number of amides is 1. The molecule has 0 saturated carbocycles. The molecule has 1 fully saturated rings. The highest BCUT2D eigenvalue weighted by Gasteiger charge is 2.67. The molecule has 128 valence electrons. The van der Waals surface area contributed by atoms with Crippen LogP contribution in [0.5, 0.6) is 0 Å². The maximum absolute atomic E-state index is 13.8. The summed E-state index contributed by atoms with van der Waals surface area (Å²) in [5.74, 6) is -7.03. The van der Waals surface area contributed by atoms with E-state index in [2.05, 4.69) is 10.2 Å². The molecule has 1 saturated heterocycles. The number of alkyl halides is 2. The molecule has 1 aromatic carbocycles. The molecule has 10 heteroatoms. The van der Waals surface area contributed by atoms with Gasteiger partial charge in [0.15, 0.2) is 11.3 Å². The maximum Gasteiger partial charge on any atom is 0.377 e. The molecule has 1 aliphatic rings. The lowest BCUT2D eigenvalue weighted by atomic mass is 9.86. The second-order valence-electron chi connectivity index (χ2n) is 5.50. The summed E-state index contributed by atoms with van der Waals surface area (Å²) < 4.78 is 32.4. The van der Waals surface area contributed by atoms with Gasteiger partial charge in [0.25, 0.3) is 5.91 Å². The maximum atomic E-state index is 13.8. The lowest BCUT2D eigenvalue weighted by Crippen LogP contribution is -2.74. The van der Waals surface area contributed by atoms with Gasteiger partial charge in [-0.3, -0.25) is 9.89 Å². The van der Waals surface area contributed by atoms with Crippen LogP contribution in [-0.2, 0) is 9.53 Å². The number of methoxy groups -OCH3 is 1. The van der Waals surface area contributed by atoms with E-state index >= 15 is 0 Å². The number of aliphatic carboxylic acids is 1. The molecule has 0 atom stereocenters. The Morgan fingerprint density at radius 1 is 1.46 bits per heavy atom. The Labute approximate surface area is 139 Å². The van der Waals surface area contributed by atoms with Crippen molar-refractivity contribution in [2.45, 2.75) is 11.5 Å². The smallest absolute Gasteiger partial charge is 0.377 e. The quantitative estimate of drug-likeness (QED) is 0.867. The minimum atomic E-state index is -4.12. The lowest BCUT2D eigenvalue weighted by molar-refractivity contribution is -0.248. The number of rotatable bonds is 4. The Morgan fingerprint density at radius 2 is 2.12 bits per heavy atom. The van der Waals surface area contributed by atoms with Crippen LogP contribution in [0.15, 0.2) is 18.2 Å². The minimum absolute atomic E-state index is 0.0239. The standard InChI is InChI=1S/C14H12ClF2N3O4/c1-24-13(14(16,17)12(22)23)5-20(6-13)11(21)10-8-4-7(15)2-3-9(8)18-19-10/h2-4H,5-6H2,1H3,(H,18,19)(H,22,23). The van der Waals surface area contributed by atoms with Crippen LogP contribution in [0.25, 0.3) is 10.9 Å². The van der Waals surface area contributed by atoms with Crippen LogP contribution < -0.4 is 0 Å². The number of carbonyl (C=O) groups excluding carboxylic acids is 1. The Balaban J connectivity index is 1.86. The van der Waals surface area contributed by atoms with Gasteiger partial charge in [0.2, 0.25) is 0 Å².